The second-order valence-electron chi connectivity index (χ2n) is 4.73. The Kier molecular flexibility index (Phi) is 2.98. The first-order valence-electron chi connectivity index (χ1n) is 6.14. The molecule has 0 aliphatic heterocycles. The molecule has 1 amide bonds. The van der Waals surface area contributed by atoms with Crippen LogP contribution in [0.15, 0.2) is 30.6 Å². The number of benzene rings is 1. The minimum Gasteiger partial charge on any atom is -0.294 e. The lowest BCUT2D eigenvalue weighted by Crippen LogP contribution is -2.46. The van der Waals surface area contributed by atoms with Crippen LogP contribution in [-0.4, -0.2) is 21.1 Å². The molecule has 0 atom stereocenters. The van der Waals surface area contributed by atoms with E-state index in [9.17, 15) is 4.79 Å². The fraction of sp³-hybridized carbons (Fsp3) is 0.308. The molecule has 0 spiro atoms. The van der Waals surface area contributed by atoms with Crippen LogP contribution in [0.1, 0.15) is 24.8 Å². The van der Waals surface area contributed by atoms with Crippen molar-refractivity contribution in [1.29, 1.82) is 0 Å². The van der Waals surface area contributed by atoms with Gasteiger partial charge in [-0.1, -0.05) is 30.2 Å². The second kappa shape index (κ2) is 4.66. The Balaban J connectivity index is 1.86. The lowest BCUT2D eigenvalue weighted by Gasteiger charge is -2.40. The number of hydrogen-bond donors (Lipinski definition) is 2. The molecule has 1 aromatic carbocycles. The standard InChI is InChI=1S/C13H13ClN4O/c14-10-4-2-9(3-5-10)13(6-1-7-13)11(19)17-12-15-8-16-18-12/h2-5,8H,1,6-7H2,(H2,15,16,17,18,19). The lowest BCUT2D eigenvalue weighted by atomic mass is 9.64. The molecule has 5 nitrogen and oxygen atoms in total. The minimum absolute atomic E-state index is 0.0437. The number of halogens is 1. The molecule has 1 saturated carbocycles. The third-order valence-electron chi connectivity index (χ3n) is 3.69. The van der Waals surface area contributed by atoms with Gasteiger partial charge in [-0.2, -0.15) is 10.1 Å². The SMILES string of the molecule is O=C(Nc1ncn[nH]1)C1(c2ccc(Cl)cc2)CCC1. The highest BCUT2D eigenvalue weighted by molar-refractivity contribution is 6.30. The first-order chi connectivity index (χ1) is 9.21. The number of carbonyl (C=O) groups excluding carboxylic acids is 1. The van der Waals surface area contributed by atoms with Crippen LogP contribution >= 0.6 is 11.6 Å². The van der Waals surface area contributed by atoms with Gasteiger partial charge in [-0.05, 0) is 30.5 Å². The Morgan fingerprint density at radius 1 is 1.32 bits per heavy atom. The average molecular weight is 277 g/mol. The molecule has 1 fully saturated rings. The number of rotatable bonds is 3. The maximum Gasteiger partial charge on any atom is 0.237 e. The lowest BCUT2D eigenvalue weighted by molar-refractivity contribution is -0.124. The fourth-order valence-corrected chi connectivity index (χ4v) is 2.56. The monoisotopic (exact) mass is 276 g/mol. The average Bonchev–Trinajstić information content (AvgIpc) is 2.83. The third kappa shape index (κ3) is 2.10. The number of anilines is 1. The summed E-state index contributed by atoms with van der Waals surface area (Å²) in [4.78, 5) is 16.4. The highest BCUT2D eigenvalue weighted by Gasteiger charge is 2.45. The third-order valence-corrected chi connectivity index (χ3v) is 3.94. The Hall–Kier alpha value is -1.88. The molecule has 0 radical (unpaired) electrons. The molecule has 2 aromatic rings. The number of aromatic amines is 1. The van der Waals surface area contributed by atoms with E-state index in [1.165, 1.54) is 6.33 Å². The maximum absolute atomic E-state index is 12.5. The van der Waals surface area contributed by atoms with Crippen molar-refractivity contribution in [2.24, 2.45) is 0 Å². The molecule has 0 unspecified atom stereocenters. The first-order valence-corrected chi connectivity index (χ1v) is 6.51. The van der Waals surface area contributed by atoms with Gasteiger partial charge in [0.15, 0.2) is 0 Å². The summed E-state index contributed by atoms with van der Waals surface area (Å²) >= 11 is 5.89. The van der Waals surface area contributed by atoms with Gasteiger partial charge in [0.05, 0.1) is 5.41 Å². The molecule has 98 valence electrons. The van der Waals surface area contributed by atoms with Gasteiger partial charge in [-0.3, -0.25) is 10.1 Å². The first kappa shape index (κ1) is 12.2. The minimum atomic E-state index is -0.461. The molecule has 1 aliphatic carbocycles. The van der Waals surface area contributed by atoms with E-state index >= 15 is 0 Å². The Labute approximate surface area is 115 Å². The number of aromatic nitrogens is 3. The number of H-pyrrole nitrogens is 1. The van der Waals surface area contributed by atoms with E-state index in [4.69, 9.17) is 11.6 Å². The summed E-state index contributed by atoms with van der Waals surface area (Å²) in [5.41, 5.74) is 0.539. The molecule has 3 rings (SSSR count). The molecular formula is C13H13ClN4O. The molecule has 6 heteroatoms. The molecular weight excluding hydrogens is 264 g/mol. The van der Waals surface area contributed by atoms with E-state index in [2.05, 4.69) is 20.5 Å². The van der Waals surface area contributed by atoms with E-state index in [0.29, 0.717) is 11.0 Å². The highest BCUT2D eigenvalue weighted by atomic mass is 35.5. The smallest absolute Gasteiger partial charge is 0.237 e. The number of carbonyl (C=O) groups is 1. The second-order valence-corrected chi connectivity index (χ2v) is 5.17. The maximum atomic E-state index is 12.5. The van der Waals surface area contributed by atoms with Gasteiger partial charge in [0.25, 0.3) is 0 Å². The summed E-state index contributed by atoms with van der Waals surface area (Å²) < 4.78 is 0. The van der Waals surface area contributed by atoms with E-state index in [0.717, 1.165) is 24.8 Å². The van der Waals surface area contributed by atoms with E-state index < -0.39 is 5.41 Å². The van der Waals surface area contributed by atoms with Crippen LogP contribution in [0, 0.1) is 0 Å². The summed E-state index contributed by atoms with van der Waals surface area (Å²) in [5.74, 6) is 0.336. The zero-order valence-electron chi connectivity index (χ0n) is 10.2. The predicted molar refractivity (Wildman–Crippen MR) is 72.0 cm³/mol. The van der Waals surface area contributed by atoms with Crippen molar-refractivity contribution in [2.75, 3.05) is 5.32 Å². The molecule has 19 heavy (non-hydrogen) atoms. The van der Waals surface area contributed by atoms with Gasteiger partial charge in [0.1, 0.15) is 6.33 Å². The van der Waals surface area contributed by atoms with Crippen molar-refractivity contribution in [3.05, 3.63) is 41.2 Å². The number of nitrogens with zero attached hydrogens (tertiary/aromatic N) is 2. The molecule has 0 bridgehead atoms. The van der Waals surface area contributed by atoms with E-state index in [1.54, 1.807) is 0 Å². The van der Waals surface area contributed by atoms with Crippen molar-refractivity contribution in [3.63, 3.8) is 0 Å². The van der Waals surface area contributed by atoms with Crippen molar-refractivity contribution in [3.8, 4) is 0 Å². The van der Waals surface area contributed by atoms with Crippen molar-refractivity contribution in [1.82, 2.24) is 15.2 Å². The highest BCUT2D eigenvalue weighted by Crippen LogP contribution is 2.44. The van der Waals surface area contributed by atoms with E-state index in [1.807, 2.05) is 24.3 Å². The number of amides is 1. The van der Waals surface area contributed by atoms with Gasteiger partial charge in [-0.25, -0.2) is 5.10 Å². The van der Waals surface area contributed by atoms with Crippen LogP contribution in [0.25, 0.3) is 0 Å². The van der Waals surface area contributed by atoms with Gasteiger partial charge in [0, 0.05) is 5.02 Å². The zero-order chi connectivity index (χ0) is 13.3. The molecule has 1 aromatic heterocycles. The Morgan fingerprint density at radius 2 is 2.05 bits per heavy atom. The molecule has 0 saturated heterocycles. The van der Waals surface area contributed by atoms with Gasteiger partial charge in [0.2, 0.25) is 11.9 Å². The van der Waals surface area contributed by atoms with Crippen molar-refractivity contribution < 1.29 is 4.79 Å². The summed E-state index contributed by atoms with van der Waals surface area (Å²) in [7, 11) is 0. The summed E-state index contributed by atoms with van der Waals surface area (Å²) in [6.07, 6.45) is 4.10. The normalized spacial score (nSPS) is 16.7. The van der Waals surface area contributed by atoms with Crippen molar-refractivity contribution >= 4 is 23.5 Å². The number of hydrogen-bond acceptors (Lipinski definition) is 3. The van der Waals surface area contributed by atoms with Crippen molar-refractivity contribution in [2.45, 2.75) is 24.7 Å². The quantitative estimate of drug-likeness (QED) is 0.905. The van der Waals surface area contributed by atoms with Crippen LogP contribution in [0.2, 0.25) is 5.02 Å². The van der Waals surface area contributed by atoms with Crippen LogP contribution in [0.5, 0.6) is 0 Å². The van der Waals surface area contributed by atoms with E-state index in [-0.39, 0.29) is 5.91 Å². The van der Waals surface area contributed by atoms with Gasteiger partial charge in [-0.15, -0.1) is 0 Å². The van der Waals surface area contributed by atoms with Gasteiger partial charge >= 0.3 is 0 Å². The van der Waals surface area contributed by atoms with Crippen LogP contribution in [0.4, 0.5) is 5.95 Å². The predicted octanol–water partition coefficient (Wildman–Crippen LogP) is 2.52. The van der Waals surface area contributed by atoms with Gasteiger partial charge < -0.3 is 0 Å². The van der Waals surface area contributed by atoms with Crippen LogP contribution in [0.3, 0.4) is 0 Å². The summed E-state index contributed by atoms with van der Waals surface area (Å²) in [6.45, 7) is 0. The largest absolute Gasteiger partial charge is 0.294 e. The number of nitrogens with one attached hydrogen (secondary N) is 2. The van der Waals surface area contributed by atoms with Crippen LogP contribution < -0.4 is 5.32 Å². The fourth-order valence-electron chi connectivity index (χ4n) is 2.44. The van der Waals surface area contributed by atoms with Crippen LogP contribution in [-0.2, 0) is 10.2 Å². The Bertz CT molecular complexity index is 575. The molecule has 1 aliphatic rings. The molecule has 1 heterocycles. The Morgan fingerprint density at radius 3 is 2.58 bits per heavy atom. The molecule has 2 N–H and O–H groups in total. The summed E-state index contributed by atoms with van der Waals surface area (Å²) in [5, 5.41) is 9.80. The topological polar surface area (TPSA) is 70.7 Å². The zero-order valence-corrected chi connectivity index (χ0v) is 10.9. The summed E-state index contributed by atoms with van der Waals surface area (Å²) in [6, 6.07) is 7.47.